The number of ether oxygens (including phenoxy) is 1. The van der Waals surface area contributed by atoms with Gasteiger partial charge in [0.25, 0.3) is 0 Å². The van der Waals surface area contributed by atoms with Crippen LogP contribution in [-0.2, 0) is 4.74 Å². The lowest BCUT2D eigenvalue weighted by Crippen LogP contribution is -2.08. The third kappa shape index (κ3) is 3.63. The molecule has 1 unspecified atom stereocenters. The summed E-state index contributed by atoms with van der Waals surface area (Å²) in [5.41, 5.74) is 0. The van der Waals surface area contributed by atoms with Gasteiger partial charge in [0, 0.05) is 11.7 Å². The van der Waals surface area contributed by atoms with Gasteiger partial charge < -0.3 is 4.74 Å². The van der Waals surface area contributed by atoms with Crippen LogP contribution < -0.4 is 0 Å². The van der Waals surface area contributed by atoms with Crippen LogP contribution in [0.25, 0.3) is 0 Å². The number of hydrogen-bond acceptors (Lipinski definition) is 2. The van der Waals surface area contributed by atoms with Crippen molar-refractivity contribution in [2.75, 3.05) is 19.0 Å². The zero-order valence-corrected chi connectivity index (χ0v) is 7.47. The fourth-order valence-electron chi connectivity index (χ4n) is 1.05. The molecule has 0 aromatic carbocycles. The molecule has 1 aliphatic rings. The van der Waals surface area contributed by atoms with Gasteiger partial charge in [-0.2, -0.15) is 12.6 Å². The first-order valence-electron chi connectivity index (χ1n) is 3.95. The minimum Gasteiger partial charge on any atom is -0.380 e. The van der Waals surface area contributed by atoms with Crippen LogP contribution in [0.3, 0.4) is 0 Å². The summed E-state index contributed by atoms with van der Waals surface area (Å²) in [5.74, 6) is 1.40. The van der Waals surface area contributed by atoms with Crippen molar-refractivity contribution in [3.05, 3.63) is 24.3 Å². The third-order valence-electron chi connectivity index (χ3n) is 1.64. The summed E-state index contributed by atoms with van der Waals surface area (Å²) in [6.07, 6.45) is 9.64. The molecule has 1 aliphatic carbocycles. The summed E-state index contributed by atoms with van der Waals surface area (Å²) in [7, 11) is 0. The molecule has 1 rings (SSSR count). The highest BCUT2D eigenvalue weighted by Gasteiger charge is 2.03. The molecule has 0 aliphatic heterocycles. The van der Waals surface area contributed by atoms with E-state index in [1.807, 2.05) is 0 Å². The Morgan fingerprint density at radius 2 is 2.36 bits per heavy atom. The van der Waals surface area contributed by atoms with Gasteiger partial charge in [-0.1, -0.05) is 24.3 Å². The Hall–Kier alpha value is -0.210. The van der Waals surface area contributed by atoms with E-state index in [2.05, 4.69) is 36.9 Å². The summed E-state index contributed by atoms with van der Waals surface area (Å²) in [4.78, 5) is 0. The second-order valence-electron chi connectivity index (χ2n) is 2.61. The van der Waals surface area contributed by atoms with Crippen molar-refractivity contribution in [3.63, 3.8) is 0 Å². The molecule has 0 saturated heterocycles. The van der Waals surface area contributed by atoms with Crippen molar-refractivity contribution in [2.45, 2.75) is 6.42 Å². The Bertz CT molecular complexity index is 152. The molecular formula is C9H14OS. The van der Waals surface area contributed by atoms with Crippen LogP contribution in [0.1, 0.15) is 6.42 Å². The lowest BCUT2D eigenvalue weighted by Gasteiger charge is -2.12. The monoisotopic (exact) mass is 170 g/mol. The molecule has 2 heteroatoms. The van der Waals surface area contributed by atoms with Gasteiger partial charge in [-0.05, 0) is 6.42 Å². The van der Waals surface area contributed by atoms with Crippen LogP contribution in [0.15, 0.2) is 24.3 Å². The minimum atomic E-state index is 0.583. The Kier molecular flexibility index (Phi) is 4.39. The normalized spacial score (nSPS) is 22.5. The zero-order valence-electron chi connectivity index (χ0n) is 6.57. The lowest BCUT2D eigenvalue weighted by molar-refractivity contribution is 0.127. The second-order valence-corrected chi connectivity index (χ2v) is 3.05. The van der Waals surface area contributed by atoms with Crippen LogP contribution in [0.5, 0.6) is 0 Å². The Morgan fingerprint density at radius 1 is 1.45 bits per heavy atom. The highest BCUT2D eigenvalue weighted by molar-refractivity contribution is 7.80. The topological polar surface area (TPSA) is 9.23 Å². The molecule has 0 bridgehead atoms. The van der Waals surface area contributed by atoms with Crippen molar-refractivity contribution in [1.29, 1.82) is 0 Å². The van der Waals surface area contributed by atoms with Crippen molar-refractivity contribution in [2.24, 2.45) is 5.92 Å². The number of allylic oxidation sites excluding steroid dienone is 3. The smallest absolute Gasteiger partial charge is 0.0554 e. The summed E-state index contributed by atoms with van der Waals surface area (Å²) in [5, 5.41) is 0. The van der Waals surface area contributed by atoms with Gasteiger partial charge in [0.05, 0.1) is 13.2 Å². The van der Waals surface area contributed by atoms with Crippen molar-refractivity contribution >= 4 is 12.6 Å². The van der Waals surface area contributed by atoms with Crippen LogP contribution in [0.4, 0.5) is 0 Å². The molecule has 0 amide bonds. The summed E-state index contributed by atoms with van der Waals surface area (Å²) >= 11 is 4.06. The maximum Gasteiger partial charge on any atom is 0.0554 e. The molecule has 11 heavy (non-hydrogen) atoms. The van der Waals surface area contributed by atoms with E-state index in [0.29, 0.717) is 5.92 Å². The Labute approximate surface area is 73.5 Å². The maximum atomic E-state index is 5.36. The Balaban J connectivity index is 2.07. The standard InChI is InChI=1S/C9H14OS/c11-7-6-10-8-9-4-2-1-3-5-9/h1-4,9,11H,5-8H2. The van der Waals surface area contributed by atoms with Gasteiger partial charge in [-0.25, -0.2) is 0 Å². The zero-order chi connectivity index (χ0) is 7.94. The first-order chi connectivity index (χ1) is 5.43. The van der Waals surface area contributed by atoms with E-state index < -0.39 is 0 Å². The molecule has 0 aromatic rings. The van der Waals surface area contributed by atoms with E-state index in [4.69, 9.17) is 4.74 Å². The van der Waals surface area contributed by atoms with E-state index in [1.165, 1.54) is 0 Å². The van der Waals surface area contributed by atoms with Gasteiger partial charge in [0.2, 0.25) is 0 Å². The third-order valence-corrected chi connectivity index (χ3v) is 1.82. The summed E-state index contributed by atoms with van der Waals surface area (Å²) in [6, 6.07) is 0. The minimum absolute atomic E-state index is 0.583. The van der Waals surface area contributed by atoms with E-state index in [9.17, 15) is 0 Å². The van der Waals surface area contributed by atoms with Crippen LogP contribution >= 0.6 is 12.6 Å². The molecule has 1 atom stereocenters. The van der Waals surface area contributed by atoms with Crippen LogP contribution in [0.2, 0.25) is 0 Å². The first kappa shape index (κ1) is 8.88. The van der Waals surface area contributed by atoms with Gasteiger partial charge in [0.15, 0.2) is 0 Å². The average Bonchev–Trinajstić information content (AvgIpc) is 2.07. The molecule has 0 saturated carbocycles. The van der Waals surface area contributed by atoms with Crippen LogP contribution in [0, 0.1) is 5.92 Å². The first-order valence-corrected chi connectivity index (χ1v) is 4.58. The highest BCUT2D eigenvalue weighted by atomic mass is 32.1. The van der Waals surface area contributed by atoms with Gasteiger partial charge in [-0.3, -0.25) is 0 Å². The predicted octanol–water partition coefficient (Wildman–Crippen LogP) is 2.07. The molecular weight excluding hydrogens is 156 g/mol. The molecule has 62 valence electrons. The fraction of sp³-hybridized carbons (Fsp3) is 0.556. The predicted molar refractivity (Wildman–Crippen MR) is 51.1 cm³/mol. The van der Waals surface area contributed by atoms with E-state index >= 15 is 0 Å². The molecule has 1 nitrogen and oxygen atoms in total. The quantitative estimate of drug-likeness (QED) is 0.502. The molecule has 0 aromatic heterocycles. The van der Waals surface area contributed by atoms with Gasteiger partial charge in [-0.15, -0.1) is 0 Å². The van der Waals surface area contributed by atoms with Gasteiger partial charge >= 0.3 is 0 Å². The summed E-state index contributed by atoms with van der Waals surface area (Å²) in [6.45, 7) is 1.60. The second kappa shape index (κ2) is 5.44. The van der Waals surface area contributed by atoms with Crippen LogP contribution in [-0.4, -0.2) is 19.0 Å². The SMILES string of the molecule is SCCOCC1C=CC=CC1. The average molecular weight is 170 g/mol. The summed E-state index contributed by atoms with van der Waals surface area (Å²) < 4.78 is 5.36. The largest absolute Gasteiger partial charge is 0.380 e. The number of rotatable bonds is 4. The highest BCUT2D eigenvalue weighted by Crippen LogP contribution is 2.11. The molecule has 0 N–H and O–H groups in total. The van der Waals surface area contributed by atoms with E-state index in [0.717, 1.165) is 25.4 Å². The molecule has 0 spiro atoms. The van der Waals surface area contributed by atoms with E-state index in [-0.39, 0.29) is 0 Å². The molecule has 0 heterocycles. The fourth-order valence-corrected chi connectivity index (χ4v) is 1.18. The number of thiol groups is 1. The van der Waals surface area contributed by atoms with Gasteiger partial charge in [0.1, 0.15) is 0 Å². The molecule has 0 radical (unpaired) electrons. The Morgan fingerprint density at radius 3 is 3.00 bits per heavy atom. The van der Waals surface area contributed by atoms with E-state index in [1.54, 1.807) is 0 Å². The maximum absolute atomic E-state index is 5.36. The van der Waals surface area contributed by atoms with Crippen molar-refractivity contribution in [1.82, 2.24) is 0 Å². The van der Waals surface area contributed by atoms with Crippen molar-refractivity contribution in [3.8, 4) is 0 Å². The number of hydrogen-bond donors (Lipinski definition) is 1. The van der Waals surface area contributed by atoms with Crippen molar-refractivity contribution < 1.29 is 4.74 Å². The lowest BCUT2D eigenvalue weighted by atomic mass is 10.0. The molecule has 0 fully saturated rings.